The summed E-state index contributed by atoms with van der Waals surface area (Å²) in [7, 11) is -2.66. The molecule has 8 heteroatoms. The molecule has 1 aromatic heterocycles. The maximum atomic E-state index is 12.6. The van der Waals surface area contributed by atoms with Gasteiger partial charge in [0, 0.05) is 0 Å². The molecule has 0 fully saturated rings. The summed E-state index contributed by atoms with van der Waals surface area (Å²) in [5.74, 6) is -0.646. The van der Waals surface area contributed by atoms with Gasteiger partial charge in [-0.05, 0) is 47.5 Å². The minimum absolute atomic E-state index is 0.00105. The molecule has 0 bridgehead atoms. The number of rotatable bonds is 5. The number of nitrogens with one attached hydrogen (secondary N) is 1. The van der Waals surface area contributed by atoms with Crippen molar-refractivity contribution in [1.29, 1.82) is 5.26 Å². The zero-order chi connectivity index (χ0) is 20.1. The van der Waals surface area contributed by atoms with E-state index in [4.69, 9.17) is 5.26 Å². The number of nitriles is 1. The Morgan fingerprint density at radius 2 is 1.61 bits per heavy atom. The van der Waals surface area contributed by atoms with Crippen LogP contribution in [-0.2, 0) is 14.8 Å². The Kier molecular flexibility index (Phi) is 5.38. The lowest BCUT2D eigenvalue weighted by atomic mass is 10.0. The number of hydrogen-bond acceptors (Lipinski definition) is 6. The minimum Gasteiger partial charge on any atom is -0.464 e. The van der Waals surface area contributed by atoms with Crippen LogP contribution in [0, 0.1) is 11.3 Å². The van der Waals surface area contributed by atoms with Crippen molar-refractivity contribution in [3.63, 3.8) is 0 Å². The van der Waals surface area contributed by atoms with Gasteiger partial charge in [-0.3, -0.25) is 4.72 Å². The molecule has 0 atom stereocenters. The van der Waals surface area contributed by atoms with Crippen LogP contribution in [0.2, 0.25) is 0 Å². The zero-order valence-electron chi connectivity index (χ0n) is 14.8. The fourth-order valence-corrected chi connectivity index (χ4v) is 3.47. The van der Waals surface area contributed by atoms with E-state index in [1.54, 1.807) is 36.4 Å². The Morgan fingerprint density at radius 1 is 1.00 bits per heavy atom. The molecule has 0 saturated heterocycles. The molecule has 28 heavy (non-hydrogen) atoms. The maximum Gasteiger partial charge on any atom is 0.356 e. The fourth-order valence-electron chi connectivity index (χ4n) is 2.47. The van der Waals surface area contributed by atoms with Crippen molar-refractivity contribution in [2.24, 2.45) is 0 Å². The van der Waals surface area contributed by atoms with E-state index in [0.717, 1.165) is 11.1 Å². The van der Waals surface area contributed by atoms with Crippen LogP contribution in [0.25, 0.3) is 11.1 Å². The fraction of sp³-hybridized carbons (Fsp3) is 0.0500. The van der Waals surface area contributed by atoms with Crippen molar-refractivity contribution in [3.05, 3.63) is 78.0 Å². The van der Waals surface area contributed by atoms with Crippen LogP contribution in [0.1, 0.15) is 16.1 Å². The van der Waals surface area contributed by atoms with Gasteiger partial charge >= 0.3 is 5.97 Å². The van der Waals surface area contributed by atoms with Gasteiger partial charge in [-0.25, -0.2) is 18.2 Å². The number of aromatic nitrogens is 1. The molecular weight excluding hydrogens is 378 g/mol. The van der Waals surface area contributed by atoms with Gasteiger partial charge in [0.1, 0.15) is 5.82 Å². The van der Waals surface area contributed by atoms with E-state index in [9.17, 15) is 13.2 Å². The highest BCUT2D eigenvalue weighted by Gasteiger charge is 2.16. The SMILES string of the molecule is COC(=O)c1cccc(NS(=O)(=O)c2ccc(-c3ccc(C#N)cc3)cc2)n1. The maximum absolute atomic E-state index is 12.6. The molecule has 1 N–H and O–H groups in total. The summed E-state index contributed by atoms with van der Waals surface area (Å²) < 4.78 is 32.1. The summed E-state index contributed by atoms with van der Waals surface area (Å²) in [5, 5.41) is 8.85. The van der Waals surface area contributed by atoms with E-state index >= 15 is 0 Å². The van der Waals surface area contributed by atoms with Crippen molar-refractivity contribution in [1.82, 2.24) is 4.98 Å². The summed E-state index contributed by atoms with van der Waals surface area (Å²) in [6.45, 7) is 0. The molecule has 0 spiro atoms. The first kappa shape index (κ1) is 19.1. The number of esters is 1. The molecule has 140 valence electrons. The number of methoxy groups -OCH3 is 1. The summed E-state index contributed by atoms with van der Waals surface area (Å²) in [6.07, 6.45) is 0. The van der Waals surface area contributed by atoms with Gasteiger partial charge < -0.3 is 4.74 Å². The number of sulfonamides is 1. The molecular formula is C20H15N3O4S. The molecule has 2 aromatic carbocycles. The number of carbonyl (C=O) groups excluding carboxylic acids is 1. The predicted molar refractivity (Wildman–Crippen MR) is 103 cm³/mol. The van der Waals surface area contributed by atoms with Crippen LogP contribution in [0.4, 0.5) is 5.82 Å². The van der Waals surface area contributed by atoms with Gasteiger partial charge in [0.2, 0.25) is 0 Å². The average Bonchev–Trinajstić information content (AvgIpc) is 2.73. The topological polar surface area (TPSA) is 109 Å². The Morgan fingerprint density at radius 3 is 2.18 bits per heavy atom. The Bertz CT molecular complexity index is 1150. The average molecular weight is 393 g/mol. The molecule has 0 aliphatic carbocycles. The number of ether oxygens (including phenoxy) is 1. The highest BCUT2D eigenvalue weighted by Crippen LogP contribution is 2.23. The summed E-state index contributed by atoms with van der Waals surface area (Å²) >= 11 is 0. The molecule has 0 amide bonds. The molecule has 0 aliphatic heterocycles. The van der Waals surface area contributed by atoms with Crippen LogP contribution in [-0.4, -0.2) is 26.5 Å². The van der Waals surface area contributed by atoms with E-state index in [1.165, 1.54) is 37.4 Å². The highest BCUT2D eigenvalue weighted by atomic mass is 32.2. The Balaban J connectivity index is 1.82. The van der Waals surface area contributed by atoms with Gasteiger partial charge in [-0.15, -0.1) is 0 Å². The van der Waals surface area contributed by atoms with Crippen molar-refractivity contribution < 1.29 is 17.9 Å². The summed E-state index contributed by atoms with van der Waals surface area (Å²) in [5.41, 5.74) is 2.23. The van der Waals surface area contributed by atoms with Crippen LogP contribution in [0.15, 0.2) is 71.6 Å². The third-order valence-corrected chi connectivity index (χ3v) is 5.27. The molecule has 0 radical (unpaired) electrons. The third-order valence-electron chi connectivity index (χ3n) is 3.89. The third kappa shape index (κ3) is 4.16. The zero-order valence-corrected chi connectivity index (χ0v) is 15.6. The molecule has 1 heterocycles. The second-order valence-electron chi connectivity index (χ2n) is 5.72. The number of nitrogens with zero attached hydrogens (tertiary/aromatic N) is 2. The van der Waals surface area contributed by atoms with Gasteiger partial charge in [0.25, 0.3) is 10.0 Å². The first-order chi connectivity index (χ1) is 13.4. The number of benzene rings is 2. The monoisotopic (exact) mass is 393 g/mol. The molecule has 3 rings (SSSR count). The Labute approximate surface area is 162 Å². The minimum atomic E-state index is -3.88. The lowest BCUT2D eigenvalue weighted by molar-refractivity contribution is 0.0594. The van der Waals surface area contributed by atoms with Gasteiger partial charge in [0.05, 0.1) is 23.6 Å². The van der Waals surface area contributed by atoms with E-state index in [0.29, 0.717) is 5.56 Å². The first-order valence-corrected chi connectivity index (χ1v) is 9.60. The van der Waals surface area contributed by atoms with E-state index in [2.05, 4.69) is 14.4 Å². The lowest BCUT2D eigenvalue weighted by Gasteiger charge is -2.09. The molecule has 7 nitrogen and oxygen atoms in total. The van der Waals surface area contributed by atoms with Gasteiger partial charge in [0.15, 0.2) is 5.69 Å². The number of carbonyl (C=O) groups is 1. The predicted octanol–water partition coefficient (Wildman–Crippen LogP) is 3.21. The van der Waals surface area contributed by atoms with Crippen molar-refractivity contribution in [2.45, 2.75) is 4.90 Å². The number of hydrogen-bond donors (Lipinski definition) is 1. The number of anilines is 1. The standard InChI is InChI=1S/C20H15N3O4S/c1-27-20(24)18-3-2-4-19(22-18)23-28(25,26)17-11-9-16(10-12-17)15-7-5-14(13-21)6-8-15/h2-12H,1H3,(H,22,23). The van der Waals surface area contributed by atoms with E-state index < -0.39 is 16.0 Å². The van der Waals surface area contributed by atoms with Crippen molar-refractivity contribution in [3.8, 4) is 17.2 Å². The number of pyridine rings is 1. The molecule has 3 aromatic rings. The lowest BCUT2D eigenvalue weighted by Crippen LogP contribution is -2.15. The highest BCUT2D eigenvalue weighted by molar-refractivity contribution is 7.92. The van der Waals surface area contributed by atoms with Crippen LogP contribution in [0.5, 0.6) is 0 Å². The van der Waals surface area contributed by atoms with E-state index in [1.807, 2.05) is 6.07 Å². The van der Waals surface area contributed by atoms with Gasteiger partial charge in [-0.2, -0.15) is 5.26 Å². The van der Waals surface area contributed by atoms with Crippen LogP contribution >= 0.6 is 0 Å². The van der Waals surface area contributed by atoms with E-state index in [-0.39, 0.29) is 16.4 Å². The second-order valence-corrected chi connectivity index (χ2v) is 7.40. The summed E-state index contributed by atoms with van der Waals surface area (Å²) in [6, 6.07) is 19.7. The van der Waals surface area contributed by atoms with Crippen LogP contribution < -0.4 is 4.72 Å². The quantitative estimate of drug-likeness (QED) is 0.667. The molecule has 0 saturated carbocycles. The second kappa shape index (κ2) is 7.90. The Hall–Kier alpha value is -3.70. The van der Waals surface area contributed by atoms with Crippen molar-refractivity contribution in [2.75, 3.05) is 11.8 Å². The smallest absolute Gasteiger partial charge is 0.356 e. The molecule has 0 aliphatic rings. The normalized spacial score (nSPS) is 10.7. The molecule has 0 unspecified atom stereocenters. The largest absolute Gasteiger partial charge is 0.464 e. The van der Waals surface area contributed by atoms with Crippen molar-refractivity contribution >= 4 is 21.8 Å². The first-order valence-electron chi connectivity index (χ1n) is 8.12. The summed E-state index contributed by atoms with van der Waals surface area (Å²) in [4.78, 5) is 15.5. The van der Waals surface area contributed by atoms with Crippen LogP contribution in [0.3, 0.4) is 0 Å². The van der Waals surface area contributed by atoms with Gasteiger partial charge in [-0.1, -0.05) is 30.3 Å².